The molecule has 0 spiro atoms. The Morgan fingerprint density at radius 1 is 1.19 bits per heavy atom. The lowest BCUT2D eigenvalue weighted by atomic mass is 9.99. The van der Waals surface area contributed by atoms with E-state index in [1.165, 1.54) is 0 Å². The number of aliphatic imine (C=N–C) groups is 1. The summed E-state index contributed by atoms with van der Waals surface area (Å²) in [5.74, 6) is 1.67. The minimum Gasteiger partial charge on any atom is -0.494 e. The molecule has 0 atom stereocenters. The minimum absolute atomic E-state index is 0.0811. The number of amidine groups is 1. The number of benzene rings is 2. The molecule has 138 valence electrons. The zero-order valence-electron chi connectivity index (χ0n) is 15.0. The van der Waals surface area contributed by atoms with Gasteiger partial charge in [-0.15, -0.1) is 0 Å². The fourth-order valence-corrected chi connectivity index (χ4v) is 3.77. The molecule has 0 fully saturated rings. The van der Waals surface area contributed by atoms with Gasteiger partial charge in [0.2, 0.25) is 5.91 Å². The van der Waals surface area contributed by atoms with Gasteiger partial charge in [-0.1, -0.05) is 17.8 Å². The number of nitrogens with one attached hydrogen (secondary N) is 2. The van der Waals surface area contributed by atoms with Crippen LogP contribution in [0.2, 0.25) is 0 Å². The molecule has 4 rings (SSSR count). The van der Waals surface area contributed by atoms with Gasteiger partial charge < -0.3 is 10.1 Å². The molecule has 6 nitrogen and oxygen atoms in total. The zero-order valence-corrected chi connectivity index (χ0v) is 15.8. The van der Waals surface area contributed by atoms with Crippen LogP contribution >= 0.6 is 11.8 Å². The third kappa shape index (κ3) is 4.14. The minimum atomic E-state index is 0.0811. The number of rotatable bonds is 4. The lowest BCUT2D eigenvalue weighted by Crippen LogP contribution is -2.25. The van der Waals surface area contributed by atoms with Crippen molar-refractivity contribution in [3.8, 4) is 5.75 Å². The normalized spacial score (nSPS) is 17.6. The Kier molecular flexibility index (Phi) is 5.11. The molecule has 2 aliphatic rings. The van der Waals surface area contributed by atoms with Crippen LogP contribution in [0.3, 0.4) is 0 Å². The molecule has 2 aromatic rings. The van der Waals surface area contributed by atoms with Crippen LogP contribution in [0.5, 0.6) is 5.75 Å². The van der Waals surface area contributed by atoms with Crippen LogP contribution in [-0.4, -0.2) is 29.1 Å². The van der Waals surface area contributed by atoms with E-state index in [1.807, 2.05) is 43.3 Å². The van der Waals surface area contributed by atoms with E-state index in [9.17, 15) is 4.79 Å². The van der Waals surface area contributed by atoms with Crippen molar-refractivity contribution in [2.24, 2.45) is 10.1 Å². The Morgan fingerprint density at radius 3 is 2.78 bits per heavy atom. The summed E-state index contributed by atoms with van der Waals surface area (Å²) >= 11 is 1.62. The van der Waals surface area contributed by atoms with Crippen molar-refractivity contribution >= 4 is 39.9 Å². The van der Waals surface area contributed by atoms with E-state index in [4.69, 9.17) is 4.74 Å². The molecular formula is C20H20N4O2S. The summed E-state index contributed by atoms with van der Waals surface area (Å²) in [6.45, 7) is 2.61. The van der Waals surface area contributed by atoms with Crippen LogP contribution in [-0.2, 0) is 11.2 Å². The predicted octanol–water partition coefficient (Wildman–Crippen LogP) is 3.70. The summed E-state index contributed by atoms with van der Waals surface area (Å²) in [5.41, 5.74) is 8.02. The molecule has 0 saturated heterocycles. The molecule has 0 bridgehead atoms. The van der Waals surface area contributed by atoms with Crippen molar-refractivity contribution in [3.05, 3.63) is 53.6 Å². The van der Waals surface area contributed by atoms with Crippen LogP contribution in [0.1, 0.15) is 24.5 Å². The summed E-state index contributed by atoms with van der Waals surface area (Å²) < 4.78 is 5.44. The fraction of sp³-hybridized carbons (Fsp3) is 0.250. The third-order valence-electron chi connectivity index (χ3n) is 4.34. The maximum Gasteiger partial charge on any atom is 0.224 e. The Balaban J connectivity index is 1.46. The van der Waals surface area contributed by atoms with Crippen molar-refractivity contribution in [3.63, 3.8) is 0 Å². The third-order valence-corrected chi connectivity index (χ3v) is 5.22. The van der Waals surface area contributed by atoms with E-state index in [2.05, 4.69) is 26.9 Å². The smallest absolute Gasteiger partial charge is 0.224 e. The van der Waals surface area contributed by atoms with Gasteiger partial charge in [0.1, 0.15) is 5.75 Å². The van der Waals surface area contributed by atoms with E-state index in [-0.39, 0.29) is 5.91 Å². The quantitative estimate of drug-likeness (QED) is 0.848. The lowest BCUT2D eigenvalue weighted by Gasteiger charge is -2.19. The van der Waals surface area contributed by atoms with Crippen LogP contribution in [0.25, 0.3) is 0 Å². The molecule has 1 amide bonds. The van der Waals surface area contributed by atoms with Crippen LogP contribution in [0.4, 0.5) is 11.4 Å². The number of fused-ring (bicyclic) bond motifs is 1. The number of carbonyl (C=O) groups excluding carboxylic acids is 1. The topological polar surface area (TPSA) is 75.1 Å². The summed E-state index contributed by atoms with van der Waals surface area (Å²) in [6.07, 6.45) is 1.31. The van der Waals surface area contributed by atoms with Gasteiger partial charge in [-0.3, -0.25) is 10.2 Å². The zero-order chi connectivity index (χ0) is 18.6. The molecule has 0 aromatic heterocycles. The summed E-state index contributed by atoms with van der Waals surface area (Å²) in [4.78, 5) is 16.1. The molecule has 7 heteroatoms. The number of hydrogen-bond donors (Lipinski definition) is 2. The standard InChI is InChI=1S/C20H20N4O2S/c1-2-26-16-7-5-15(6-8-16)21-20-24-23-18(12-27-20)14-3-9-17-13(11-14)4-10-19(25)22-17/h3,5-9,11H,2,4,10,12H2,1H3,(H,21,24)(H,22,25). The number of hydrazone groups is 1. The maximum absolute atomic E-state index is 11.5. The number of anilines is 1. The number of carbonyl (C=O) groups is 1. The largest absolute Gasteiger partial charge is 0.494 e. The molecule has 0 unspecified atom stereocenters. The second kappa shape index (κ2) is 7.84. The Hall–Kier alpha value is -2.80. The van der Waals surface area contributed by atoms with Crippen molar-refractivity contribution < 1.29 is 9.53 Å². The van der Waals surface area contributed by atoms with E-state index < -0.39 is 0 Å². The summed E-state index contributed by atoms with van der Waals surface area (Å²) in [6, 6.07) is 13.8. The van der Waals surface area contributed by atoms with Gasteiger partial charge in [-0.25, -0.2) is 4.99 Å². The van der Waals surface area contributed by atoms with Gasteiger partial charge in [0.25, 0.3) is 0 Å². The Morgan fingerprint density at radius 2 is 2.04 bits per heavy atom. The van der Waals surface area contributed by atoms with Gasteiger partial charge in [-0.05, 0) is 60.9 Å². The first-order valence-electron chi connectivity index (χ1n) is 8.91. The highest BCUT2D eigenvalue weighted by Gasteiger charge is 2.18. The molecular weight excluding hydrogens is 360 g/mol. The SMILES string of the molecule is CCOc1ccc(N=C2NN=C(c3ccc4c(c3)CCC(=O)N4)CS2)cc1. The van der Waals surface area contributed by atoms with Gasteiger partial charge in [0, 0.05) is 17.9 Å². The highest BCUT2D eigenvalue weighted by Crippen LogP contribution is 2.26. The van der Waals surface area contributed by atoms with E-state index in [0.29, 0.717) is 13.0 Å². The van der Waals surface area contributed by atoms with Crippen LogP contribution in [0, 0.1) is 0 Å². The summed E-state index contributed by atoms with van der Waals surface area (Å²) in [5, 5.41) is 8.17. The molecule has 0 aliphatic carbocycles. The maximum atomic E-state index is 11.5. The second-order valence-corrected chi connectivity index (χ2v) is 7.19. The van der Waals surface area contributed by atoms with Gasteiger partial charge >= 0.3 is 0 Å². The van der Waals surface area contributed by atoms with E-state index in [1.54, 1.807) is 11.8 Å². The Bertz CT molecular complexity index is 922. The van der Waals surface area contributed by atoms with Crippen molar-refractivity contribution in [2.45, 2.75) is 19.8 Å². The number of aryl methyl sites for hydroxylation is 1. The van der Waals surface area contributed by atoms with Crippen molar-refractivity contribution in [2.75, 3.05) is 17.7 Å². The van der Waals surface area contributed by atoms with E-state index in [0.717, 1.165) is 51.3 Å². The average molecular weight is 380 g/mol. The Labute approximate surface area is 162 Å². The summed E-state index contributed by atoms with van der Waals surface area (Å²) in [7, 11) is 0. The molecule has 2 heterocycles. The average Bonchev–Trinajstić information content (AvgIpc) is 2.70. The van der Waals surface area contributed by atoms with Crippen molar-refractivity contribution in [1.29, 1.82) is 0 Å². The molecule has 0 saturated carbocycles. The van der Waals surface area contributed by atoms with Gasteiger partial charge in [0.15, 0.2) is 5.17 Å². The molecule has 2 aromatic carbocycles. The number of thioether (sulfide) groups is 1. The lowest BCUT2D eigenvalue weighted by molar-refractivity contribution is -0.116. The predicted molar refractivity (Wildman–Crippen MR) is 110 cm³/mol. The number of amides is 1. The van der Waals surface area contributed by atoms with Gasteiger partial charge in [-0.2, -0.15) is 5.10 Å². The van der Waals surface area contributed by atoms with Crippen LogP contribution < -0.4 is 15.5 Å². The first-order valence-corrected chi connectivity index (χ1v) is 9.90. The number of hydrogen-bond acceptors (Lipinski definition) is 5. The highest BCUT2D eigenvalue weighted by atomic mass is 32.2. The first-order chi connectivity index (χ1) is 13.2. The number of ether oxygens (including phenoxy) is 1. The monoisotopic (exact) mass is 380 g/mol. The first kappa shape index (κ1) is 17.6. The second-order valence-electron chi connectivity index (χ2n) is 6.22. The fourth-order valence-electron chi connectivity index (χ4n) is 2.99. The molecule has 27 heavy (non-hydrogen) atoms. The van der Waals surface area contributed by atoms with Crippen molar-refractivity contribution in [1.82, 2.24) is 5.43 Å². The molecule has 2 N–H and O–H groups in total. The van der Waals surface area contributed by atoms with Gasteiger partial charge in [0.05, 0.1) is 18.0 Å². The number of nitrogens with zero attached hydrogens (tertiary/aromatic N) is 2. The molecule has 2 aliphatic heterocycles. The van der Waals surface area contributed by atoms with Crippen LogP contribution in [0.15, 0.2) is 52.6 Å². The van der Waals surface area contributed by atoms with E-state index >= 15 is 0 Å². The highest BCUT2D eigenvalue weighted by molar-refractivity contribution is 8.14. The molecule has 0 radical (unpaired) electrons.